The normalized spacial score (nSPS) is 9.82. The van der Waals surface area contributed by atoms with Crippen molar-refractivity contribution in [2.45, 2.75) is 0 Å². The van der Waals surface area contributed by atoms with E-state index in [1.54, 1.807) is 0 Å². The lowest BCUT2D eigenvalue weighted by atomic mass is 10.2. The van der Waals surface area contributed by atoms with Crippen LogP contribution in [0, 0.1) is 0 Å². The molecule has 2 aromatic rings. The average molecular weight is 301 g/mol. The third-order valence-corrected chi connectivity index (χ3v) is 2.73. The number of ether oxygens (including phenoxy) is 1. The average Bonchev–Trinajstić information content (AvgIpc) is 2.50. The molecule has 0 heterocycles. The van der Waals surface area contributed by atoms with E-state index in [-0.39, 0.29) is 17.0 Å². The van der Waals surface area contributed by atoms with Crippen LogP contribution in [0.25, 0.3) is 0 Å². The van der Waals surface area contributed by atoms with Crippen molar-refractivity contribution in [1.29, 1.82) is 0 Å². The number of aldehydes is 1. The van der Waals surface area contributed by atoms with Gasteiger partial charge in [0.05, 0.1) is 5.69 Å². The van der Waals surface area contributed by atoms with E-state index in [2.05, 4.69) is 5.32 Å². The van der Waals surface area contributed by atoms with Gasteiger partial charge in [-0.25, -0.2) is 9.59 Å². The number of rotatable bonds is 4. The molecule has 0 unspecified atom stereocenters. The van der Waals surface area contributed by atoms with E-state index in [0.29, 0.717) is 11.8 Å². The second-order valence-electron chi connectivity index (χ2n) is 4.21. The summed E-state index contributed by atoms with van der Waals surface area (Å²) in [6.07, 6.45) is -0.254. The fourth-order valence-corrected chi connectivity index (χ4v) is 1.67. The molecule has 0 aliphatic carbocycles. The minimum absolute atomic E-state index is 0.0885. The predicted molar refractivity (Wildman–Crippen MR) is 76.5 cm³/mol. The van der Waals surface area contributed by atoms with Gasteiger partial charge in [-0.15, -0.1) is 0 Å². The molecule has 0 saturated carbocycles. The van der Waals surface area contributed by atoms with Crippen LogP contribution in [0.4, 0.5) is 10.5 Å². The molecule has 0 radical (unpaired) electrons. The molecule has 1 amide bonds. The Balaban J connectivity index is 2.10. The lowest BCUT2D eigenvalue weighted by molar-refractivity contribution is 0.0693. The fraction of sp³-hybridized carbons (Fsp3) is 0. The van der Waals surface area contributed by atoms with Gasteiger partial charge in [0, 0.05) is 5.56 Å². The third-order valence-electron chi connectivity index (χ3n) is 2.73. The van der Waals surface area contributed by atoms with Crippen LogP contribution in [-0.2, 0) is 0 Å². The molecule has 7 heteroatoms. The molecule has 0 fully saturated rings. The second-order valence-corrected chi connectivity index (χ2v) is 4.21. The van der Waals surface area contributed by atoms with Crippen LogP contribution < -0.4 is 10.1 Å². The molecule has 0 aliphatic rings. The van der Waals surface area contributed by atoms with Gasteiger partial charge in [-0.1, -0.05) is 6.07 Å². The van der Waals surface area contributed by atoms with Crippen LogP contribution in [0.5, 0.6) is 11.5 Å². The first kappa shape index (κ1) is 15.0. The number of amides is 1. The van der Waals surface area contributed by atoms with Crippen molar-refractivity contribution in [3.05, 3.63) is 53.6 Å². The number of carbonyl (C=O) groups is 3. The fourth-order valence-electron chi connectivity index (χ4n) is 1.67. The molecule has 112 valence electrons. The second kappa shape index (κ2) is 6.40. The third kappa shape index (κ3) is 3.40. The number of carboxylic acid groups (broad SMARTS) is 1. The van der Waals surface area contributed by atoms with Gasteiger partial charge in [0.1, 0.15) is 17.6 Å². The number of anilines is 1. The maximum atomic E-state index is 11.7. The zero-order valence-corrected chi connectivity index (χ0v) is 11.1. The number of para-hydroxylation sites is 1. The van der Waals surface area contributed by atoms with Crippen LogP contribution in [0.3, 0.4) is 0 Å². The highest BCUT2D eigenvalue weighted by Gasteiger charge is 2.15. The highest BCUT2D eigenvalue weighted by atomic mass is 16.6. The maximum Gasteiger partial charge on any atom is 0.417 e. The molecule has 0 aliphatic heterocycles. The van der Waals surface area contributed by atoms with Crippen molar-refractivity contribution in [3.8, 4) is 11.5 Å². The van der Waals surface area contributed by atoms with Crippen molar-refractivity contribution in [3.63, 3.8) is 0 Å². The molecule has 22 heavy (non-hydrogen) atoms. The van der Waals surface area contributed by atoms with Gasteiger partial charge < -0.3 is 14.9 Å². The van der Waals surface area contributed by atoms with Crippen LogP contribution in [0.15, 0.2) is 42.5 Å². The van der Waals surface area contributed by atoms with Crippen LogP contribution >= 0.6 is 0 Å². The summed E-state index contributed by atoms with van der Waals surface area (Å²) in [7, 11) is 0. The van der Waals surface area contributed by atoms with Gasteiger partial charge in [-0.3, -0.25) is 10.1 Å². The predicted octanol–water partition coefficient (Wildman–Crippen LogP) is 2.51. The number of benzene rings is 2. The number of carbonyl (C=O) groups excluding carboxylic acids is 2. The van der Waals surface area contributed by atoms with Crippen molar-refractivity contribution < 1.29 is 29.3 Å². The number of carboxylic acids is 1. The summed E-state index contributed by atoms with van der Waals surface area (Å²) in [6, 6.07) is 9.70. The summed E-state index contributed by atoms with van der Waals surface area (Å²) in [6.45, 7) is 0. The number of aromatic hydroxyl groups is 1. The quantitative estimate of drug-likeness (QED) is 0.590. The zero-order valence-electron chi connectivity index (χ0n) is 11.1. The van der Waals surface area contributed by atoms with E-state index in [1.165, 1.54) is 42.5 Å². The molecule has 7 nitrogen and oxygen atoms in total. The summed E-state index contributed by atoms with van der Waals surface area (Å²) in [5.74, 6) is -1.70. The van der Waals surface area contributed by atoms with Gasteiger partial charge in [-0.2, -0.15) is 0 Å². The van der Waals surface area contributed by atoms with Crippen molar-refractivity contribution in [2.75, 3.05) is 5.32 Å². The smallest absolute Gasteiger partial charge is 0.417 e. The van der Waals surface area contributed by atoms with E-state index >= 15 is 0 Å². The molecule has 2 aromatic carbocycles. The van der Waals surface area contributed by atoms with Crippen molar-refractivity contribution >= 4 is 24.0 Å². The summed E-state index contributed by atoms with van der Waals surface area (Å²) < 4.78 is 4.95. The Morgan fingerprint density at radius 3 is 2.36 bits per heavy atom. The highest BCUT2D eigenvalue weighted by Crippen LogP contribution is 2.27. The van der Waals surface area contributed by atoms with Gasteiger partial charge >= 0.3 is 12.1 Å². The van der Waals surface area contributed by atoms with E-state index < -0.39 is 17.8 Å². The molecular formula is C15H11NO6. The largest absolute Gasteiger partial charge is 0.505 e. The van der Waals surface area contributed by atoms with E-state index in [9.17, 15) is 19.5 Å². The summed E-state index contributed by atoms with van der Waals surface area (Å²) >= 11 is 0. The van der Waals surface area contributed by atoms with E-state index in [4.69, 9.17) is 9.84 Å². The number of aromatic carboxylic acids is 1. The molecule has 0 saturated heterocycles. The standard InChI is InChI=1S/C15H11NO6/c17-8-9-4-6-10(7-5-9)22-15(21)16-12-3-1-2-11(13(12)18)14(19)20/h1-8,18H,(H,16,21)(H,19,20). The Kier molecular flexibility index (Phi) is 4.38. The van der Waals surface area contributed by atoms with Crippen LogP contribution in [0.2, 0.25) is 0 Å². The summed E-state index contributed by atoms with van der Waals surface area (Å²) in [5, 5.41) is 20.9. The van der Waals surface area contributed by atoms with Crippen LogP contribution in [0.1, 0.15) is 20.7 Å². The number of hydrogen-bond acceptors (Lipinski definition) is 5. The van der Waals surface area contributed by atoms with Gasteiger partial charge in [-0.05, 0) is 36.4 Å². The Labute approximate surface area is 124 Å². The van der Waals surface area contributed by atoms with Gasteiger partial charge in [0.2, 0.25) is 0 Å². The van der Waals surface area contributed by atoms with Gasteiger partial charge in [0.25, 0.3) is 0 Å². The van der Waals surface area contributed by atoms with Crippen LogP contribution in [-0.4, -0.2) is 28.6 Å². The number of nitrogens with one attached hydrogen (secondary N) is 1. The summed E-state index contributed by atoms with van der Waals surface area (Å²) in [5.41, 5.74) is 0.00195. The Morgan fingerprint density at radius 1 is 1.09 bits per heavy atom. The molecule has 2 rings (SSSR count). The molecule has 0 spiro atoms. The minimum atomic E-state index is -1.32. The zero-order chi connectivity index (χ0) is 16.1. The first-order chi connectivity index (χ1) is 10.5. The number of hydrogen-bond donors (Lipinski definition) is 3. The van der Waals surface area contributed by atoms with Crippen molar-refractivity contribution in [2.24, 2.45) is 0 Å². The van der Waals surface area contributed by atoms with Crippen molar-refractivity contribution in [1.82, 2.24) is 0 Å². The first-order valence-electron chi connectivity index (χ1n) is 6.10. The molecule has 0 aromatic heterocycles. The minimum Gasteiger partial charge on any atom is -0.505 e. The SMILES string of the molecule is O=Cc1ccc(OC(=O)Nc2cccc(C(=O)O)c2O)cc1. The monoisotopic (exact) mass is 301 g/mol. The van der Waals surface area contributed by atoms with E-state index in [1.807, 2.05) is 0 Å². The van der Waals surface area contributed by atoms with Gasteiger partial charge in [0.15, 0.2) is 5.75 Å². The first-order valence-corrected chi connectivity index (χ1v) is 6.10. The lowest BCUT2D eigenvalue weighted by Gasteiger charge is -2.09. The molecular weight excluding hydrogens is 290 g/mol. The maximum absolute atomic E-state index is 11.7. The van der Waals surface area contributed by atoms with E-state index in [0.717, 1.165) is 0 Å². The highest BCUT2D eigenvalue weighted by molar-refractivity contribution is 5.96. The topological polar surface area (TPSA) is 113 Å². The Bertz CT molecular complexity index is 723. The molecule has 0 bridgehead atoms. The summed E-state index contributed by atoms with van der Waals surface area (Å²) in [4.78, 5) is 33.1. The number of phenols is 1. The lowest BCUT2D eigenvalue weighted by Crippen LogP contribution is -2.17. The molecule has 3 N–H and O–H groups in total. The molecule has 0 atom stereocenters. The Hall–Kier alpha value is -3.35. The Morgan fingerprint density at radius 2 is 1.77 bits per heavy atom.